The predicted molar refractivity (Wildman–Crippen MR) is 81.6 cm³/mol. The number of rotatable bonds is 1. The lowest BCUT2D eigenvalue weighted by Crippen LogP contribution is -2.10. The van der Waals surface area contributed by atoms with Gasteiger partial charge in [0.2, 0.25) is 0 Å². The van der Waals surface area contributed by atoms with Crippen molar-refractivity contribution in [1.82, 2.24) is 19.8 Å². The molecule has 2 aromatic carbocycles. The summed E-state index contributed by atoms with van der Waals surface area (Å²) in [6.45, 7) is 0. The quantitative estimate of drug-likeness (QED) is 0.587. The molecule has 0 aliphatic heterocycles. The normalized spacial score (nSPS) is 11.3. The number of nitrogens with zero attached hydrogens (tertiary/aromatic N) is 3. The lowest BCUT2D eigenvalue weighted by Gasteiger charge is -2.00. The van der Waals surface area contributed by atoms with E-state index in [9.17, 15) is 4.79 Å². The van der Waals surface area contributed by atoms with Gasteiger partial charge in [-0.2, -0.15) is 10.1 Å². The monoisotopic (exact) mass is 296 g/mol. The zero-order valence-corrected chi connectivity index (χ0v) is 11.5. The first-order valence-electron chi connectivity index (χ1n) is 6.36. The van der Waals surface area contributed by atoms with Crippen molar-refractivity contribution >= 4 is 28.2 Å². The number of fused-ring (bicyclic) bond motifs is 3. The van der Waals surface area contributed by atoms with Crippen molar-refractivity contribution in [3.05, 3.63) is 63.9 Å². The van der Waals surface area contributed by atoms with Crippen LogP contribution in [0.1, 0.15) is 0 Å². The molecule has 0 saturated carbocycles. The Balaban J connectivity index is 2.12. The smallest absolute Gasteiger partial charge is 0.267 e. The topological polar surface area (TPSA) is 63.0 Å². The Morgan fingerprint density at radius 2 is 1.95 bits per heavy atom. The molecule has 2 heterocycles. The lowest BCUT2D eigenvalue weighted by atomic mass is 10.1. The van der Waals surface area contributed by atoms with E-state index in [0.717, 1.165) is 11.1 Å². The summed E-state index contributed by atoms with van der Waals surface area (Å²) in [6, 6.07) is 14.6. The molecule has 21 heavy (non-hydrogen) atoms. The van der Waals surface area contributed by atoms with Crippen LogP contribution >= 0.6 is 11.6 Å². The van der Waals surface area contributed by atoms with Crippen LogP contribution in [0.15, 0.2) is 53.3 Å². The second kappa shape index (κ2) is 4.43. The number of H-pyrrole nitrogens is 1. The number of benzene rings is 2. The van der Waals surface area contributed by atoms with Crippen molar-refractivity contribution in [2.45, 2.75) is 0 Å². The van der Waals surface area contributed by atoms with E-state index < -0.39 is 0 Å². The molecule has 5 nitrogen and oxygen atoms in total. The largest absolute Gasteiger partial charge is 0.281 e. The highest BCUT2D eigenvalue weighted by Gasteiger charge is 2.13. The molecule has 6 heteroatoms. The summed E-state index contributed by atoms with van der Waals surface area (Å²) in [5.74, 6) is 0. The minimum atomic E-state index is -0.268. The summed E-state index contributed by atoms with van der Waals surface area (Å²) in [6.07, 6.45) is 0. The van der Waals surface area contributed by atoms with Gasteiger partial charge in [-0.1, -0.05) is 35.9 Å². The van der Waals surface area contributed by atoms with Gasteiger partial charge < -0.3 is 0 Å². The second-order valence-corrected chi connectivity index (χ2v) is 5.10. The standard InChI is InChI=1S/C15H9ClN4O/c16-10-5-3-4-9(8-10)13-14-17-15(21)11-6-1-2-7-12(11)20(14)19-18-13/h1-8,19H. The average Bonchev–Trinajstić information content (AvgIpc) is 2.91. The van der Waals surface area contributed by atoms with E-state index in [1.54, 1.807) is 22.7 Å². The molecule has 2 aromatic heterocycles. The molecule has 0 amide bonds. The highest BCUT2D eigenvalue weighted by Crippen LogP contribution is 2.24. The molecule has 4 aromatic rings. The van der Waals surface area contributed by atoms with Crippen LogP contribution in [-0.4, -0.2) is 19.8 Å². The molecule has 0 saturated heterocycles. The van der Waals surface area contributed by atoms with Gasteiger partial charge in [0.1, 0.15) is 5.69 Å². The van der Waals surface area contributed by atoms with Crippen LogP contribution in [0.2, 0.25) is 5.02 Å². The van der Waals surface area contributed by atoms with Gasteiger partial charge in [0.05, 0.1) is 10.9 Å². The van der Waals surface area contributed by atoms with Crippen molar-refractivity contribution < 1.29 is 0 Å². The number of aromatic nitrogens is 4. The van der Waals surface area contributed by atoms with Crippen LogP contribution in [0.25, 0.3) is 27.8 Å². The first-order chi connectivity index (χ1) is 10.2. The van der Waals surface area contributed by atoms with Crippen LogP contribution < -0.4 is 5.56 Å². The maximum absolute atomic E-state index is 12.1. The molecular formula is C15H9ClN4O. The van der Waals surface area contributed by atoms with Crippen LogP contribution in [-0.2, 0) is 0 Å². The Morgan fingerprint density at radius 3 is 2.81 bits per heavy atom. The minimum absolute atomic E-state index is 0.268. The van der Waals surface area contributed by atoms with E-state index in [0.29, 0.717) is 21.7 Å². The minimum Gasteiger partial charge on any atom is -0.267 e. The third-order valence-electron chi connectivity index (χ3n) is 3.37. The molecule has 102 valence electrons. The highest BCUT2D eigenvalue weighted by atomic mass is 35.5. The molecule has 0 unspecified atom stereocenters. The van der Waals surface area contributed by atoms with Gasteiger partial charge in [-0.3, -0.25) is 4.79 Å². The number of para-hydroxylation sites is 1. The van der Waals surface area contributed by atoms with Crippen LogP contribution in [0.4, 0.5) is 0 Å². The molecule has 0 aliphatic rings. The first-order valence-corrected chi connectivity index (χ1v) is 6.74. The van der Waals surface area contributed by atoms with Gasteiger partial charge >= 0.3 is 0 Å². The van der Waals surface area contributed by atoms with Crippen LogP contribution in [0, 0.1) is 0 Å². The number of aromatic amines is 1. The summed E-state index contributed by atoms with van der Waals surface area (Å²) in [5.41, 5.74) is 2.37. The van der Waals surface area contributed by atoms with E-state index in [2.05, 4.69) is 15.3 Å². The molecule has 0 fully saturated rings. The molecular weight excluding hydrogens is 288 g/mol. The second-order valence-electron chi connectivity index (χ2n) is 4.66. The van der Waals surface area contributed by atoms with Gasteiger partial charge in [-0.25, -0.2) is 9.73 Å². The Morgan fingerprint density at radius 1 is 1.10 bits per heavy atom. The van der Waals surface area contributed by atoms with E-state index in [1.165, 1.54) is 0 Å². The van der Waals surface area contributed by atoms with Crippen molar-refractivity contribution in [3.63, 3.8) is 0 Å². The van der Waals surface area contributed by atoms with Gasteiger partial charge in [0.25, 0.3) is 5.56 Å². The Bertz CT molecular complexity index is 1030. The molecule has 0 aliphatic carbocycles. The SMILES string of the molecule is O=c1nc2c(-c3cccc(Cl)c3)n[nH]n2c2ccccc12. The maximum Gasteiger partial charge on any atom is 0.281 e. The average molecular weight is 297 g/mol. The van der Waals surface area contributed by atoms with E-state index in [-0.39, 0.29) is 5.56 Å². The van der Waals surface area contributed by atoms with Gasteiger partial charge in [0, 0.05) is 10.6 Å². The lowest BCUT2D eigenvalue weighted by molar-refractivity contribution is 0.874. The summed E-state index contributed by atoms with van der Waals surface area (Å²) in [4.78, 5) is 16.3. The number of halogens is 1. The predicted octanol–water partition coefficient (Wildman–Crippen LogP) is 2.89. The molecule has 1 N–H and O–H groups in total. The van der Waals surface area contributed by atoms with Gasteiger partial charge in [-0.15, -0.1) is 0 Å². The summed E-state index contributed by atoms with van der Waals surface area (Å²) in [7, 11) is 0. The molecule has 0 spiro atoms. The number of hydrogen-bond donors (Lipinski definition) is 1. The number of nitrogens with one attached hydrogen (secondary N) is 1. The third-order valence-corrected chi connectivity index (χ3v) is 3.60. The molecule has 4 rings (SSSR count). The molecule has 0 bridgehead atoms. The maximum atomic E-state index is 12.1. The van der Waals surface area contributed by atoms with Crippen molar-refractivity contribution in [2.24, 2.45) is 0 Å². The summed E-state index contributed by atoms with van der Waals surface area (Å²) >= 11 is 6.01. The van der Waals surface area contributed by atoms with Crippen molar-refractivity contribution in [3.8, 4) is 11.3 Å². The highest BCUT2D eigenvalue weighted by molar-refractivity contribution is 6.30. The summed E-state index contributed by atoms with van der Waals surface area (Å²) < 4.78 is 1.70. The zero-order chi connectivity index (χ0) is 14.4. The fourth-order valence-corrected chi connectivity index (χ4v) is 2.60. The number of hydrogen-bond acceptors (Lipinski definition) is 3. The van der Waals surface area contributed by atoms with Gasteiger partial charge in [-0.05, 0) is 24.3 Å². The van der Waals surface area contributed by atoms with E-state index in [4.69, 9.17) is 11.6 Å². The third kappa shape index (κ3) is 1.82. The Hall–Kier alpha value is -2.66. The van der Waals surface area contributed by atoms with E-state index in [1.807, 2.05) is 30.3 Å². The fourth-order valence-electron chi connectivity index (χ4n) is 2.41. The van der Waals surface area contributed by atoms with Crippen LogP contribution in [0.5, 0.6) is 0 Å². The Kier molecular flexibility index (Phi) is 2.55. The first kappa shape index (κ1) is 12.1. The van der Waals surface area contributed by atoms with Crippen molar-refractivity contribution in [1.29, 1.82) is 0 Å². The molecule has 0 atom stereocenters. The summed E-state index contributed by atoms with van der Waals surface area (Å²) in [5, 5.41) is 8.33. The van der Waals surface area contributed by atoms with Crippen LogP contribution in [0.3, 0.4) is 0 Å². The Labute approximate surface area is 123 Å². The van der Waals surface area contributed by atoms with Gasteiger partial charge in [0.15, 0.2) is 5.65 Å². The van der Waals surface area contributed by atoms with E-state index >= 15 is 0 Å². The fraction of sp³-hybridized carbons (Fsp3) is 0. The zero-order valence-electron chi connectivity index (χ0n) is 10.7. The van der Waals surface area contributed by atoms with Crippen molar-refractivity contribution in [2.75, 3.05) is 0 Å². The molecule has 0 radical (unpaired) electrons.